The fraction of sp³-hybridized carbons (Fsp3) is 0.333. The molecule has 6 nitrogen and oxygen atoms in total. The van der Waals surface area contributed by atoms with E-state index in [-0.39, 0.29) is 16.5 Å². The monoisotopic (exact) mass is 405 g/mol. The summed E-state index contributed by atoms with van der Waals surface area (Å²) in [5, 5.41) is 2.99. The first-order valence-electron chi connectivity index (χ1n) is 8.99. The first kappa shape index (κ1) is 21.6. The van der Waals surface area contributed by atoms with Gasteiger partial charge in [-0.2, -0.15) is 0 Å². The maximum atomic E-state index is 12.4. The van der Waals surface area contributed by atoms with E-state index in [9.17, 15) is 9.59 Å². The van der Waals surface area contributed by atoms with Crippen LogP contribution in [0.3, 0.4) is 0 Å². The molecule has 0 aromatic heterocycles. The summed E-state index contributed by atoms with van der Waals surface area (Å²) in [5.41, 5.74) is 1.29. The number of esters is 1. The fourth-order valence-electron chi connectivity index (χ4n) is 2.52. The zero-order valence-electron chi connectivity index (χ0n) is 16.2. The number of benzene rings is 2. The van der Waals surface area contributed by atoms with Crippen LogP contribution in [0.2, 0.25) is 5.02 Å². The standard InChI is InChI=1S/C21H24ClNO5/c1-4-27-19-17(22)12-16(13-18(19)26-3)21(25)28-14(2)20(24)23-11-10-15-8-6-5-7-9-15/h5-9,12-14H,4,10-11H2,1-3H3,(H,23,24)/t14-/m0/s1. The largest absolute Gasteiger partial charge is 0.493 e. The van der Waals surface area contributed by atoms with Gasteiger partial charge in [-0.05, 0) is 38.0 Å². The number of methoxy groups -OCH3 is 1. The van der Waals surface area contributed by atoms with E-state index in [2.05, 4.69) is 5.32 Å². The molecule has 0 saturated heterocycles. The lowest BCUT2D eigenvalue weighted by Crippen LogP contribution is -2.36. The number of halogens is 1. The number of ether oxygens (including phenoxy) is 3. The predicted molar refractivity (Wildman–Crippen MR) is 107 cm³/mol. The summed E-state index contributed by atoms with van der Waals surface area (Å²) in [4.78, 5) is 24.6. The molecule has 0 radical (unpaired) electrons. The van der Waals surface area contributed by atoms with E-state index in [4.69, 9.17) is 25.8 Å². The van der Waals surface area contributed by atoms with E-state index in [1.807, 2.05) is 37.3 Å². The Kier molecular flexibility index (Phi) is 8.14. The quantitative estimate of drug-likeness (QED) is 0.644. The Morgan fingerprint density at radius 3 is 2.54 bits per heavy atom. The van der Waals surface area contributed by atoms with E-state index in [1.54, 1.807) is 0 Å². The molecule has 0 heterocycles. The van der Waals surface area contributed by atoms with Gasteiger partial charge in [0.2, 0.25) is 0 Å². The molecule has 1 amide bonds. The molecule has 0 bridgehead atoms. The number of rotatable bonds is 9. The third-order valence-electron chi connectivity index (χ3n) is 3.96. The molecule has 2 rings (SSSR count). The summed E-state index contributed by atoms with van der Waals surface area (Å²) < 4.78 is 15.9. The van der Waals surface area contributed by atoms with Gasteiger partial charge in [0.1, 0.15) is 0 Å². The van der Waals surface area contributed by atoms with Gasteiger partial charge in [-0.3, -0.25) is 4.79 Å². The van der Waals surface area contributed by atoms with Gasteiger partial charge in [0.05, 0.1) is 24.3 Å². The summed E-state index contributed by atoms with van der Waals surface area (Å²) in [7, 11) is 1.45. The molecule has 2 aromatic rings. The number of amides is 1. The van der Waals surface area contributed by atoms with E-state index in [0.717, 1.165) is 5.56 Å². The van der Waals surface area contributed by atoms with Crippen LogP contribution < -0.4 is 14.8 Å². The van der Waals surface area contributed by atoms with Crippen LogP contribution in [0, 0.1) is 0 Å². The maximum absolute atomic E-state index is 12.4. The van der Waals surface area contributed by atoms with E-state index < -0.39 is 12.1 Å². The Balaban J connectivity index is 1.93. The van der Waals surface area contributed by atoms with E-state index in [1.165, 1.54) is 26.2 Å². The van der Waals surface area contributed by atoms with Crippen molar-refractivity contribution < 1.29 is 23.8 Å². The summed E-state index contributed by atoms with van der Waals surface area (Å²) in [6.45, 7) is 4.19. The molecular formula is C21H24ClNO5. The van der Waals surface area contributed by atoms with E-state index in [0.29, 0.717) is 31.1 Å². The maximum Gasteiger partial charge on any atom is 0.339 e. The minimum Gasteiger partial charge on any atom is -0.493 e. The van der Waals surface area contributed by atoms with Crippen molar-refractivity contribution in [1.82, 2.24) is 5.32 Å². The summed E-state index contributed by atoms with van der Waals surface area (Å²) in [6.07, 6.45) is -0.251. The van der Waals surface area contributed by atoms with Gasteiger partial charge >= 0.3 is 5.97 Å². The van der Waals surface area contributed by atoms with Crippen molar-refractivity contribution >= 4 is 23.5 Å². The summed E-state index contributed by atoms with van der Waals surface area (Å²) >= 11 is 6.17. The Bertz CT molecular complexity index is 810. The zero-order valence-corrected chi connectivity index (χ0v) is 16.9. The van der Waals surface area contributed by atoms with Crippen molar-refractivity contribution in [3.05, 3.63) is 58.6 Å². The molecule has 0 aliphatic heterocycles. The van der Waals surface area contributed by atoms with E-state index >= 15 is 0 Å². The van der Waals surface area contributed by atoms with Crippen molar-refractivity contribution in [2.24, 2.45) is 0 Å². The lowest BCUT2D eigenvalue weighted by molar-refractivity contribution is -0.129. The van der Waals surface area contributed by atoms with Crippen LogP contribution in [-0.4, -0.2) is 38.2 Å². The molecule has 150 valence electrons. The molecule has 0 aliphatic rings. The fourth-order valence-corrected chi connectivity index (χ4v) is 2.79. The molecule has 0 aliphatic carbocycles. The number of carbonyl (C=O) groups excluding carboxylic acids is 2. The topological polar surface area (TPSA) is 73.9 Å². The molecule has 0 saturated carbocycles. The Labute approximate surface area is 169 Å². The summed E-state index contributed by atoms with van der Waals surface area (Å²) in [6, 6.07) is 12.7. The second-order valence-corrected chi connectivity index (χ2v) is 6.40. The van der Waals surface area contributed by atoms with Crippen LogP contribution in [0.25, 0.3) is 0 Å². The second kappa shape index (κ2) is 10.6. The van der Waals surface area contributed by atoms with Gasteiger partial charge < -0.3 is 19.5 Å². The number of carbonyl (C=O) groups is 2. The smallest absolute Gasteiger partial charge is 0.339 e. The van der Waals surface area contributed by atoms with Crippen LogP contribution in [0.4, 0.5) is 0 Å². The minimum atomic E-state index is -0.945. The van der Waals surface area contributed by atoms with Gasteiger partial charge in [0, 0.05) is 6.54 Å². The average Bonchev–Trinajstić information content (AvgIpc) is 2.69. The van der Waals surface area contributed by atoms with Crippen molar-refractivity contribution in [3.63, 3.8) is 0 Å². The van der Waals surface area contributed by atoms with Crippen molar-refractivity contribution in [2.45, 2.75) is 26.4 Å². The zero-order chi connectivity index (χ0) is 20.5. The number of nitrogens with one attached hydrogen (secondary N) is 1. The third-order valence-corrected chi connectivity index (χ3v) is 4.24. The van der Waals surface area contributed by atoms with Gasteiger partial charge in [-0.1, -0.05) is 41.9 Å². The molecule has 28 heavy (non-hydrogen) atoms. The second-order valence-electron chi connectivity index (χ2n) is 6.00. The molecule has 7 heteroatoms. The van der Waals surface area contributed by atoms with Crippen molar-refractivity contribution in [2.75, 3.05) is 20.3 Å². The Hall–Kier alpha value is -2.73. The van der Waals surface area contributed by atoms with Crippen LogP contribution in [0.5, 0.6) is 11.5 Å². The van der Waals surface area contributed by atoms with Gasteiger partial charge in [-0.15, -0.1) is 0 Å². The Morgan fingerprint density at radius 1 is 1.18 bits per heavy atom. The van der Waals surface area contributed by atoms with Gasteiger partial charge in [0.25, 0.3) is 5.91 Å². The van der Waals surface area contributed by atoms with Crippen molar-refractivity contribution in [3.8, 4) is 11.5 Å². The highest BCUT2D eigenvalue weighted by Gasteiger charge is 2.21. The first-order chi connectivity index (χ1) is 13.5. The first-order valence-corrected chi connectivity index (χ1v) is 9.37. The molecule has 1 N–H and O–H groups in total. The van der Waals surface area contributed by atoms with Crippen LogP contribution in [-0.2, 0) is 16.0 Å². The Morgan fingerprint density at radius 2 is 1.89 bits per heavy atom. The van der Waals surface area contributed by atoms with Crippen LogP contribution in [0.1, 0.15) is 29.8 Å². The molecule has 0 spiro atoms. The third kappa shape index (κ3) is 5.89. The number of hydrogen-bond donors (Lipinski definition) is 1. The molecule has 2 aromatic carbocycles. The molecule has 1 atom stereocenters. The SMILES string of the molecule is CCOc1c(Cl)cc(C(=O)O[C@@H](C)C(=O)NCCc2ccccc2)cc1OC. The predicted octanol–water partition coefficient (Wildman–Crippen LogP) is 3.65. The van der Waals surface area contributed by atoms with Crippen LogP contribution >= 0.6 is 11.6 Å². The molecular weight excluding hydrogens is 382 g/mol. The van der Waals surface area contributed by atoms with Crippen molar-refractivity contribution in [1.29, 1.82) is 0 Å². The minimum absolute atomic E-state index is 0.175. The number of hydrogen-bond acceptors (Lipinski definition) is 5. The molecule has 0 unspecified atom stereocenters. The summed E-state index contributed by atoms with van der Waals surface area (Å²) in [5.74, 6) is -0.363. The normalized spacial score (nSPS) is 11.4. The highest BCUT2D eigenvalue weighted by atomic mass is 35.5. The molecule has 0 fully saturated rings. The van der Waals surface area contributed by atoms with Gasteiger partial charge in [0.15, 0.2) is 17.6 Å². The van der Waals surface area contributed by atoms with Crippen LogP contribution in [0.15, 0.2) is 42.5 Å². The highest BCUT2D eigenvalue weighted by Crippen LogP contribution is 2.36. The highest BCUT2D eigenvalue weighted by molar-refractivity contribution is 6.32. The van der Waals surface area contributed by atoms with Gasteiger partial charge in [-0.25, -0.2) is 4.79 Å². The lowest BCUT2D eigenvalue weighted by Gasteiger charge is -2.15. The lowest BCUT2D eigenvalue weighted by atomic mass is 10.1. The average molecular weight is 406 g/mol.